The van der Waals surface area contributed by atoms with Crippen molar-refractivity contribution >= 4 is 0 Å². The van der Waals surface area contributed by atoms with E-state index in [0.717, 1.165) is 25.7 Å². The summed E-state index contributed by atoms with van der Waals surface area (Å²) in [5, 5.41) is 0. The van der Waals surface area contributed by atoms with Crippen molar-refractivity contribution in [1.82, 2.24) is 0 Å². The molecule has 0 aromatic rings. The summed E-state index contributed by atoms with van der Waals surface area (Å²) in [4.78, 5) is 11.2. The summed E-state index contributed by atoms with van der Waals surface area (Å²) >= 11 is 0. The van der Waals surface area contributed by atoms with Crippen LogP contribution in [0.25, 0.3) is 0 Å². The molecule has 1 saturated carbocycles. The molecule has 4 atom stereocenters. The third-order valence-electron chi connectivity index (χ3n) is 4.27. The van der Waals surface area contributed by atoms with Crippen LogP contribution in [0.4, 0.5) is 0 Å². The molecule has 0 aromatic heterocycles. The van der Waals surface area contributed by atoms with Crippen LogP contribution >= 0.6 is 0 Å². The topological polar surface area (TPSA) is 46.2 Å². The maximum atomic E-state index is 5.93. The third-order valence-corrected chi connectivity index (χ3v) is 4.27. The zero-order chi connectivity index (χ0) is 11.9. The van der Waals surface area contributed by atoms with Crippen molar-refractivity contribution in [1.29, 1.82) is 0 Å². The molecule has 4 fully saturated rings. The van der Waals surface area contributed by atoms with Gasteiger partial charge in [-0.25, -0.2) is 4.89 Å². The van der Waals surface area contributed by atoms with E-state index < -0.39 is 11.4 Å². The average molecular weight is 244 g/mol. The number of methoxy groups -OCH3 is 2. The van der Waals surface area contributed by atoms with Gasteiger partial charge in [0.1, 0.15) is 6.61 Å². The molecule has 0 radical (unpaired) electrons. The van der Waals surface area contributed by atoms with Gasteiger partial charge < -0.3 is 14.2 Å². The van der Waals surface area contributed by atoms with Crippen LogP contribution in [-0.2, 0) is 24.0 Å². The summed E-state index contributed by atoms with van der Waals surface area (Å²) in [6, 6.07) is 0. The normalized spacial score (nSPS) is 49.1. The van der Waals surface area contributed by atoms with Crippen LogP contribution in [-0.4, -0.2) is 38.5 Å². The molecule has 3 saturated heterocycles. The highest BCUT2D eigenvalue weighted by atomic mass is 17.3. The van der Waals surface area contributed by atoms with Crippen molar-refractivity contribution < 1.29 is 24.0 Å². The van der Waals surface area contributed by atoms with Crippen molar-refractivity contribution in [3.8, 4) is 0 Å². The fourth-order valence-corrected chi connectivity index (χ4v) is 3.48. The molecule has 0 amide bonds. The van der Waals surface area contributed by atoms with Crippen LogP contribution in [0.2, 0.25) is 0 Å². The van der Waals surface area contributed by atoms with Crippen molar-refractivity contribution in [3.05, 3.63) is 0 Å². The summed E-state index contributed by atoms with van der Waals surface area (Å²) in [6.07, 6.45) is 4.97. The summed E-state index contributed by atoms with van der Waals surface area (Å²) in [5.41, 5.74) is -0.400. The molecule has 17 heavy (non-hydrogen) atoms. The van der Waals surface area contributed by atoms with E-state index in [1.165, 1.54) is 6.42 Å². The zero-order valence-electron chi connectivity index (χ0n) is 10.4. The minimum atomic E-state index is -0.779. The lowest BCUT2D eigenvalue weighted by Gasteiger charge is -2.59. The SMILES string of the molecule is COC[C@@]12CC3CCCC[C@@]3(OO1)C(OC)O2. The van der Waals surface area contributed by atoms with Gasteiger partial charge in [0.15, 0.2) is 11.9 Å². The maximum absolute atomic E-state index is 5.93. The van der Waals surface area contributed by atoms with Gasteiger partial charge in [-0.15, -0.1) is 0 Å². The predicted molar refractivity (Wildman–Crippen MR) is 58.0 cm³/mol. The van der Waals surface area contributed by atoms with Gasteiger partial charge in [-0.1, -0.05) is 12.8 Å². The minimum Gasteiger partial charge on any atom is -0.379 e. The Morgan fingerprint density at radius 2 is 2.12 bits per heavy atom. The zero-order valence-corrected chi connectivity index (χ0v) is 10.4. The third kappa shape index (κ3) is 1.64. The van der Waals surface area contributed by atoms with E-state index in [9.17, 15) is 0 Å². The Bertz CT molecular complexity index is 285. The molecule has 1 aliphatic carbocycles. The number of rotatable bonds is 3. The van der Waals surface area contributed by atoms with Crippen molar-refractivity contribution in [3.63, 3.8) is 0 Å². The van der Waals surface area contributed by atoms with E-state index in [1.54, 1.807) is 14.2 Å². The van der Waals surface area contributed by atoms with Crippen molar-refractivity contribution in [2.45, 2.75) is 49.8 Å². The molecule has 3 heterocycles. The molecule has 2 bridgehead atoms. The van der Waals surface area contributed by atoms with E-state index in [1.807, 2.05) is 0 Å². The molecular weight excluding hydrogens is 224 g/mol. The van der Waals surface area contributed by atoms with E-state index in [0.29, 0.717) is 12.5 Å². The number of hydrogen-bond donors (Lipinski definition) is 0. The Morgan fingerprint density at radius 1 is 1.24 bits per heavy atom. The fraction of sp³-hybridized carbons (Fsp3) is 1.00. The summed E-state index contributed by atoms with van der Waals surface area (Å²) in [6.45, 7) is 0.374. The Morgan fingerprint density at radius 3 is 2.88 bits per heavy atom. The molecule has 2 unspecified atom stereocenters. The Balaban J connectivity index is 1.88. The van der Waals surface area contributed by atoms with Gasteiger partial charge in [-0.3, -0.25) is 0 Å². The molecule has 5 nitrogen and oxygen atoms in total. The summed E-state index contributed by atoms with van der Waals surface area (Å²) < 4.78 is 16.6. The van der Waals surface area contributed by atoms with Crippen LogP contribution in [0, 0.1) is 5.92 Å². The molecule has 5 heteroatoms. The minimum absolute atomic E-state index is 0.342. The lowest BCUT2D eigenvalue weighted by molar-refractivity contribution is -0.594. The molecule has 3 aliphatic heterocycles. The molecule has 4 rings (SSSR count). The maximum Gasteiger partial charge on any atom is 0.227 e. The molecule has 98 valence electrons. The first-order valence-electron chi connectivity index (χ1n) is 6.31. The monoisotopic (exact) mass is 244 g/mol. The second kappa shape index (κ2) is 4.17. The quantitative estimate of drug-likeness (QED) is 0.706. The fourth-order valence-electron chi connectivity index (χ4n) is 3.48. The smallest absolute Gasteiger partial charge is 0.227 e. The first-order chi connectivity index (χ1) is 8.25. The number of ether oxygens (including phenoxy) is 3. The average Bonchev–Trinajstić information content (AvgIpc) is 2.37. The number of fused-ring (bicyclic) bond motifs is 2. The van der Waals surface area contributed by atoms with E-state index >= 15 is 0 Å². The van der Waals surface area contributed by atoms with Gasteiger partial charge in [-0.2, -0.15) is 4.89 Å². The van der Waals surface area contributed by atoms with Gasteiger partial charge in [0.2, 0.25) is 5.79 Å². The molecule has 4 aliphatic rings. The van der Waals surface area contributed by atoms with Gasteiger partial charge in [0.25, 0.3) is 0 Å². The summed E-state index contributed by atoms with van der Waals surface area (Å²) in [7, 11) is 3.30. The van der Waals surface area contributed by atoms with Crippen LogP contribution in [0.1, 0.15) is 32.1 Å². The van der Waals surface area contributed by atoms with Gasteiger partial charge in [0, 0.05) is 26.6 Å². The van der Waals surface area contributed by atoms with Gasteiger partial charge in [0.05, 0.1) is 0 Å². The molecule has 0 aromatic carbocycles. The van der Waals surface area contributed by atoms with Crippen molar-refractivity contribution in [2.75, 3.05) is 20.8 Å². The standard InChI is InChI=1S/C12H20O5/c1-13-8-11-7-9-5-3-4-6-12(9,17-16-11)10(14-2)15-11/h9-10H,3-8H2,1-2H3/t9?,10?,11-,12+/m1/s1. The second-order valence-corrected chi connectivity index (χ2v) is 5.30. The second-order valence-electron chi connectivity index (χ2n) is 5.30. The molecular formula is C12H20O5. The highest BCUT2D eigenvalue weighted by Gasteiger charge is 2.65. The van der Waals surface area contributed by atoms with Crippen LogP contribution in [0.15, 0.2) is 0 Å². The molecule has 0 N–H and O–H groups in total. The first kappa shape index (κ1) is 11.9. The Hall–Kier alpha value is -0.200. The summed E-state index contributed by atoms with van der Waals surface area (Å²) in [5.74, 6) is -0.335. The highest BCUT2D eigenvalue weighted by Crippen LogP contribution is 2.54. The van der Waals surface area contributed by atoms with Crippen LogP contribution < -0.4 is 0 Å². The first-order valence-corrected chi connectivity index (χ1v) is 6.31. The largest absolute Gasteiger partial charge is 0.379 e. The molecule has 1 spiro atoms. The lowest BCUT2D eigenvalue weighted by Crippen LogP contribution is -2.70. The van der Waals surface area contributed by atoms with Crippen LogP contribution in [0.5, 0.6) is 0 Å². The van der Waals surface area contributed by atoms with E-state index in [2.05, 4.69) is 0 Å². The van der Waals surface area contributed by atoms with Gasteiger partial charge in [-0.05, 0) is 12.8 Å². The Kier molecular flexibility index (Phi) is 2.91. The van der Waals surface area contributed by atoms with E-state index in [4.69, 9.17) is 24.0 Å². The van der Waals surface area contributed by atoms with Gasteiger partial charge >= 0.3 is 0 Å². The number of hydrogen-bond acceptors (Lipinski definition) is 5. The van der Waals surface area contributed by atoms with Crippen LogP contribution in [0.3, 0.4) is 0 Å². The predicted octanol–water partition coefficient (Wildman–Crippen LogP) is 1.61. The van der Waals surface area contributed by atoms with E-state index in [-0.39, 0.29) is 6.29 Å². The lowest BCUT2D eigenvalue weighted by atomic mass is 9.69. The van der Waals surface area contributed by atoms with Crippen molar-refractivity contribution in [2.24, 2.45) is 5.92 Å². The highest BCUT2D eigenvalue weighted by molar-refractivity contribution is 5.02. The Labute approximate surface area is 101 Å².